The number of piperidine rings is 1. The molecular weight excluding hydrogens is 384 g/mol. The number of benzene rings is 1. The van der Waals surface area contributed by atoms with Crippen molar-refractivity contribution in [2.75, 3.05) is 13.1 Å². The van der Waals surface area contributed by atoms with Gasteiger partial charge in [0.2, 0.25) is 0 Å². The van der Waals surface area contributed by atoms with Gasteiger partial charge in [0, 0.05) is 13.1 Å². The number of sulfone groups is 1. The summed E-state index contributed by atoms with van der Waals surface area (Å²) < 4.78 is 25.5. The Hall–Kier alpha value is -1.92. The Balaban J connectivity index is 1.80. The standard InChI is InChI=1S/C20H23ClN2O3S/c1-14-8-10-23(11-9-14)20(24)18-5-3-4-16(22-18)13-27(25,26)19-7-6-15(2)12-17(19)21/h3-7,12,14H,8-11,13H2,1-2H3. The number of hydrogen-bond acceptors (Lipinski definition) is 4. The number of nitrogens with zero attached hydrogens (tertiary/aromatic N) is 2. The van der Waals surface area contributed by atoms with Crippen LogP contribution in [0.3, 0.4) is 0 Å². The second-order valence-electron chi connectivity index (χ2n) is 7.18. The van der Waals surface area contributed by atoms with Gasteiger partial charge in [-0.1, -0.05) is 30.7 Å². The van der Waals surface area contributed by atoms with Gasteiger partial charge in [0.25, 0.3) is 5.91 Å². The fourth-order valence-electron chi connectivity index (χ4n) is 3.18. The van der Waals surface area contributed by atoms with Crippen LogP contribution in [0.1, 0.15) is 41.5 Å². The van der Waals surface area contributed by atoms with Crippen molar-refractivity contribution in [1.29, 1.82) is 0 Å². The zero-order valence-electron chi connectivity index (χ0n) is 15.5. The average Bonchev–Trinajstić information content (AvgIpc) is 2.61. The van der Waals surface area contributed by atoms with Crippen molar-refractivity contribution in [3.05, 3.63) is 58.4 Å². The Morgan fingerprint density at radius 1 is 1.22 bits per heavy atom. The van der Waals surface area contributed by atoms with Gasteiger partial charge in [-0.15, -0.1) is 0 Å². The van der Waals surface area contributed by atoms with Crippen LogP contribution in [0, 0.1) is 12.8 Å². The molecule has 0 unspecified atom stereocenters. The van der Waals surface area contributed by atoms with Crippen molar-refractivity contribution in [3.8, 4) is 0 Å². The van der Waals surface area contributed by atoms with Gasteiger partial charge in [-0.25, -0.2) is 13.4 Å². The van der Waals surface area contributed by atoms with Crippen molar-refractivity contribution in [1.82, 2.24) is 9.88 Å². The van der Waals surface area contributed by atoms with Gasteiger partial charge in [0.05, 0.1) is 21.4 Å². The number of likely N-dealkylation sites (tertiary alicyclic amines) is 1. The van der Waals surface area contributed by atoms with Crippen LogP contribution in [0.5, 0.6) is 0 Å². The van der Waals surface area contributed by atoms with E-state index in [1.54, 1.807) is 35.2 Å². The van der Waals surface area contributed by atoms with Crippen molar-refractivity contribution >= 4 is 27.3 Å². The molecule has 0 saturated carbocycles. The lowest BCUT2D eigenvalue weighted by molar-refractivity contribution is 0.0691. The molecule has 0 radical (unpaired) electrons. The SMILES string of the molecule is Cc1ccc(S(=O)(=O)Cc2cccc(C(=O)N3CCC(C)CC3)n2)c(Cl)c1. The maximum atomic E-state index is 12.7. The number of amides is 1. The molecule has 0 bridgehead atoms. The minimum absolute atomic E-state index is 0.0818. The Bertz CT molecular complexity index is 951. The van der Waals surface area contributed by atoms with E-state index >= 15 is 0 Å². The molecule has 0 atom stereocenters. The van der Waals surface area contributed by atoms with E-state index in [9.17, 15) is 13.2 Å². The van der Waals surface area contributed by atoms with E-state index < -0.39 is 9.84 Å². The third-order valence-electron chi connectivity index (χ3n) is 4.86. The number of carbonyl (C=O) groups excluding carboxylic acids is 1. The summed E-state index contributed by atoms with van der Waals surface area (Å²) in [6.45, 7) is 5.45. The van der Waals surface area contributed by atoms with Crippen molar-refractivity contribution < 1.29 is 13.2 Å². The first kappa shape index (κ1) is 19.8. The number of halogens is 1. The highest BCUT2D eigenvalue weighted by Gasteiger charge is 2.24. The molecule has 0 aliphatic carbocycles. The summed E-state index contributed by atoms with van der Waals surface area (Å²) in [5.74, 6) is 0.181. The van der Waals surface area contributed by atoms with Crippen molar-refractivity contribution in [2.24, 2.45) is 5.92 Å². The summed E-state index contributed by atoms with van der Waals surface area (Å²) in [7, 11) is -3.65. The quantitative estimate of drug-likeness (QED) is 0.772. The minimum Gasteiger partial charge on any atom is -0.337 e. The number of carbonyl (C=O) groups is 1. The van der Waals surface area contributed by atoms with E-state index in [1.807, 2.05) is 6.92 Å². The zero-order chi connectivity index (χ0) is 19.6. The van der Waals surface area contributed by atoms with Gasteiger partial charge in [-0.05, 0) is 55.5 Å². The molecule has 1 amide bonds. The first-order chi connectivity index (χ1) is 12.8. The molecule has 3 rings (SSSR count). The fourth-order valence-corrected chi connectivity index (χ4v) is 5.11. The summed E-state index contributed by atoms with van der Waals surface area (Å²) in [5, 5.41) is 0.199. The van der Waals surface area contributed by atoms with Gasteiger partial charge in [0.1, 0.15) is 5.69 Å². The molecule has 1 saturated heterocycles. The number of aryl methyl sites for hydroxylation is 1. The Labute approximate surface area is 165 Å². The lowest BCUT2D eigenvalue weighted by Crippen LogP contribution is -2.38. The first-order valence-corrected chi connectivity index (χ1v) is 11.0. The maximum Gasteiger partial charge on any atom is 0.272 e. The van der Waals surface area contributed by atoms with Gasteiger partial charge in [-0.3, -0.25) is 4.79 Å². The molecule has 7 heteroatoms. The van der Waals surface area contributed by atoms with E-state index in [-0.39, 0.29) is 27.3 Å². The van der Waals surface area contributed by atoms with Crippen LogP contribution in [0.15, 0.2) is 41.3 Å². The highest BCUT2D eigenvalue weighted by atomic mass is 35.5. The number of rotatable bonds is 4. The first-order valence-electron chi connectivity index (χ1n) is 9.00. The topological polar surface area (TPSA) is 67.3 Å². The number of aromatic nitrogens is 1. The Kier molecular flexibility index (Phi) is 5.86. The van der Waals surface area contributed by atoms with E-state index in [1.165, 1.54) is 6.07 Å². The normalized spacial score (nSPS) is 15.7. The van der Waals surface area contributed by atoms with Gasteiger partial charge in [-0.2, -0.15) is 0 Å². The third-order valence-corrected chi connectivity index (χ3v) is 6.98. The lowest BCUT2D eigenvalue weighted by atomic mass is 9.99. The maximum absolute atomic E-state index is 12.7. The summed E-state index contributed by atoms with van der Waals surface area (Å²) in [6.07, 6.45) is 1.96. The van der Waals surface area contributed by atoms with Crippen molar-refractivity contribution in [2.45, 2.75) is 37.3 Å². The molecule has 2 heterocycles. The molecule has 2 aromatic rings. The van der Waals surface area contributed by atoms with Gasteiger partial charge in [0.15, 0.2) is 9.84 Å². The molecule has 0 N–H and O–H groups in total. The third kappa shape index (κ3) is 4.68. The second-order valence-corrected chi connectivity index (χ2v) is 9.55. The Morgan fingerprint density at radius 3 is 2.59 bits per heavy atom. The highest BCUT2D eigenvalue weighted by Crippen LogP contribution is 2.25. The van der Waals surface area contributed by atoms with E-state index in [0.29, 0.717) is 24.7 Å². The lowest BCUT2D eigenvalue weighted by Gasteiger charge is -2.30. The number of hydrogen-bond donors (Lipinski definition) is 0. The van der Waals surface area contributed by atoms with Crippen molar-refractivity contribution in [3.63, 3.8) is 0 Å². The van der Waals surface area contributed by atoms with Gasteiger partial charge >= 0.3 is 0 Å². The molecule has 1 aromatic heterocycles. The molecular formula is C20H23ClN2O3S. The predicted molar refractivity (Wildman–Crippen MR) is 106 cm³/mol. The van der Waals surface area contributed by atoms with E-state index in [0.717, 1.165) is 18.4 Å². The minimum atomic E-state index is -3.65. The summed E-state index contributed by atoms with van der Waals surface area (Å²) in [5.41, 5.74) is 1.51. The van der Waals surface area contributed by atoms with Crippen LogP contribution in [0.4, 0.5) is 0 Å². The van der Waals surface area contributed by atoms with Crippen LogP contribution >= 0.6 is 11.6 Å². The average molecular weight is 407 g/mol. The van der Waals surface area contributed by atoms with Crippen LogP contribution in [-0.2, 0) is 15.6 Å². The monoisotopic (exact) mass is 406 g/mol. The van der Waals surface area contributed by atoms with E-state index in [4.69, 9.17) is 11.6 Å². The number of pyridine rings is 1. The predicted octanol–water partition coefficient (Wildman–Crippen LogP) is 3.89. The van der Waals surface area contributed by atoms with Crippen LogP contribution in [0.2, 0.25) is 5.02 Å². The molecule has 144 valence electrons. The van der Waals surface area contributed by atoms with Crippen LogP contribution in [-0.4, -0.2) is 37.3 Å². The Morgan fingerprint density at radius 2 is 1.93 bits per heavy atom. The molecule has 1 aliphatic rings. The summed E-state index contributed by atoms with van der Waals surface area (Å²) in [6, 6.07) is 9.78. The van der Waals surface area contributed by atoms with Crippen LogP contribution < -0.4 is 0 Å². The largest absolute Gasteiger partial charge is 0.337 e. The molecule has 1 aromatic carbocycles. The molecule has 27 heavy (non-hydrogen) atoms. The van der Waals surface area contributed by atoms with Gasteiger partial charge < -0.3 is 4.90 Å². The second kappa shape index (κ2) is 7.98. The molecule has 1 aliphatic heterocycles. The van der Waals surface area contributed by atoms with Crippen LogP contribution in [0.25, 0.3) is 0 Å². The fraction of sp³-hybridized carbons (Fsp3) is 0.400. The molecule has 5 nitrogen and oxygen atoms in total. The summed E-state index contributed by atoms with van der Waals surface area (Å²) >= 11 is 6.11. The zero-order valence-corrected chi connectivity index (χ0v) is 17.1. The molecule has 1 fully saturated rings. The molecule has 0 spiro atoms. The smallest absolute Gasteiger partial charge is 0.272 e. The highest BCUT2D eigenvalue weighted by molar-refractivity contribution is 7.90. The van der Waals surface area contributed by atoms with E-state index in [2.05, 4.69) is 11.9 Å². The summed E-state index contributed by atoms with van der Waals surface area (Å²) in [4.78, 5) is 18.9.